The summed E-state index contributed by atoms with van der Waals surface area (Å²) in [6, 6.07) is 4.37. The van der Waals surface area contributed by atoms with Crippen molar-refractivity contribution in [1.29, 1.82) is 0 Å². The van der Waals surface area contributed by atoms with Crippen LogP contribution in [0, 0.1) is 0 Å². The summed E-state index contributed by atoms with van der Waals surface area (Å²) in [5.74, 6) is 0.765. The van der Waals surface area contributed by atoms with Crippen molar-refractivity contribution < 1.29 is 4.79 Å². The zero-order chi connectivity index (χ0) is 15.7. The molecule has 22 heavy (non-hydrogen) atoms. The molecule has 4 heteroatoms. The van der Waals surface area contributed by atoms with Crippen LogP contribution in [0.1, 0.15) is 56.0 Å². The van der Waals surface area contributed by atoms with Crippen LogP contribution in [0.25, 0.3) is 0 Å². The molecule has 2 aliphatic heterocycles. The number of aromatic nitrogens is 1. The number of carbonyl (C=O) groups is 1. The molecule has 0 radical (unpaired) electrons. The number of hydrogen-bond donors (Lipinski definition) is 0. The highest BCUT2D eigenvalue weighted by Crippen LogP contribution is 2.24. The van der Waals surface area contributed by atoms with Crippen LogP contribution in [0.5, 0.6) is 0 Å². The Bertz CT molecular complexity index is 555. The van der Waals surface area contributed by atoms with Gasteiger partial charge in [0.25, 0.3) is 0 Å². The normalized spacial score (nSPS) is 22.7. The lowest BCUT2D eigenvalue weighted by Gasteiger charge is -2.37. The van der Waals surface area contributed by atoms with Crippen molar-refractivity contribution in [2.75, 3.05) is 20.1 Å². The van der Waals surface area contributed by atoms with Crippen LogP contribution >= 0.6 is 0 Å². The van der Waals surface area contributed by atoms with Gasteiger partial charge in [0, 0.05) is 30.9 Å². The molecule has 4 nitrogen and oxygen atoms in total. The first-order valence-electron chi connectivity index (χ1n) is 8.54. The largest absolute Gasteiger partial charge is 0.337 e. The third kappa shape index (κ3) is 3.02. The molecule has 0 aliphatic carbocycles. The van der Waals surface area contributed by atoms with Gasteiger partial charge in [-0.25, -0.2) is 0 Å². The van der Waals surface area contributed by atoms with Gasteiger partial charge < -0.3 is 4.90 Å². The van der Waals surface area contributed by atoms with Gasteiger partial charge in [-0.1, -0.05) is 26.3 Å². The van der Waals surface area contributed by atoms with Crippen LogP contribution in [0.4, 0.5) is 0 Å². The Hall–Kier alpha value is -1.42. The van der Waals surface area contributed by atoms with E-state index in [1.807, 2.05) is 4.90 Å². The summed E-state index contributed by atoms with van der Waals surface area (Å²) in [6.45, 7) is 6.92. The Kier molecular flexibility index (Phi) is 4.48. The lowest BCUT2D eigenvalue weighted by molar-refractivity contribution is -0.138. The Morgan fingerprint density at radius 2 is 2.09 bits per heavy atom. The second kappa shape index (κ2) is 6.37. The molecule has 3 heterocycles. The van der Waals surface area contributed by atoms with Crippen molar-refractivity contribution in [2.45, 2.75) is 58.0 Å². The number of rotatable bonds is 2. The maximum Gasteiger partial charge on any atom is 0.240 e. The molecular formula is C18H27N3O. The van der Waals surface area contributed by atoms with E-state index < -0.39 is 0 Å². The number of pyridine rings is 1. The minimum absolute atomic E-state index is 0.0817. The summed E-state index contributed by atoms with van der Waals surface area (Å²) >= 11 is 0. The first-order chi connectivity index (χ1) is 10.6. The molecule has 1 saturated heterocycles. The summed E-state index contributed by atoms with van der Waals surface area (Å²) in [5.41, 5.74) is 3.57. The zero-order valence-electron chi connectivity index (χ0n) is 14.0. The molecule has 1 amide bonds. The number of piperidine rings is 1. The van der Waals surface area contributed by atoms with E-state index in [1.165, 1.54) is 24.1 Å². The van der Waals surface area contributed by atoms with E-state index in [9.17, 15) is 4.79 Å². The summed E-state index contributed by atoms with van der Waals surface area (Å²) in [7, 11) is 2.08. The maximum absolute atomic E-state index is 12.8. The average Bonchev–Trinajstić information content (AvgIpc) is 2.53. The number of hydrogen-bond acceptors (Lipinski definition) is 3. The molecule has 1 atom stereocenters. The highest BCUT2D eigenvalue weighted by molar-refractivity contribution is 5.82. The molecule has 0 spiro atoms. The van der Waals surface area contributed by atoms with Gasteiger partial charge in [-0.2, -0.15) is 0 Å². The van der Waals surface area contributed by atoms with Gasteiger partial charge in [0.15, 0.2) is 0 Å². The Balaban J connectivity index is 1.72. The van der Waals surface area contributed by atoms with E-state index in [2.05, 4.69) is 37.9 Å². The van der Waals surface area contributed by atoms with Crippen molar-refractivity contribution in [2.24, 2.45) is 0 Å². The van der Waals surface area contributed by atoms with Gasteiger partial charge in [-0.15, -0.1) is 0 Å². The standard InChI is InChI=1S/C18H27N3O/c1-13(2)15-8-7-14-12-21(11-9-16(14)19-15)18(22)17-6-4-5-10-20(17)3/h7-8,13,17H,4-6,9-12H2,1-3H3/t17-/m0/s1. The minimum Gasteiger partial charge on any atom is -0.337 e. The molecule has 1 fully saturated rings. The van der Waals surface area contributed by atoms with Crippen molar-refractivity contribution >= 4 is 5.91 Å². The van der Waals surface area contributed by atoms with Crippen molar-refractivity contribution in [3.63, 3.8) is 0 Å². The third-order valence-electron chi connectivity index (χ3n) is 5.03. The monoisotopic (exact) mass is 301 g/mol. The highest BCUT2D eigenvalue weighted by Gasteiger charge is 2.31. The average molecular weight is 301 g/mol. The van der Waals surface area contributed by atoms with E-state index in [-0.39, 0.29) is 6.04 Å². The van der Waals surface area contributed by atoms with Gasteiger partial charge in [0.05, 0.1) is 6.04 Å². The Morgan fingerprint density at radius 1 is 1.27 bits per heavy atom. The quantitative estimate of drug-likeness (QED) is 0.842. The van der Waals surface area contributed by atoms with Gasteiger partial charge >= 0.3 is 0 Å². The van der Waals surface area contributed by atoms with Crippen LogP contribution in [0.2, 0.25) is 0 Å². The second-order valence-corrected chi connectivity index (χ2v) is 7.00. The number of carbonyl (C=O) groups excluding carboxylic acids is 1. The molecule has 0 unspecified atom stereocenters. The topological polar surface area (TPSA) is 36.4 Å². The van der Waals surface area contributed by atoms with E-state index in [4.69, 9.17) is 4.98 Å². The van der Waals surface area contributed by atoms with Crippen LogP contribution < -0.4 is 0 Å². The second-order valence-electron chi connectivity index (χ2n) is 7.00. The van der Waals surface area contributed by atoms with Crippen LogP contribution in [0.3, 0.4) is 0 Å². The Morgan fingerprint density at radius 3 is 2.82 bits per heavy atom. The van der Waals surface area contributed by atoms with E-state index in [0.717, 1.165) is 38.2 Å². The molecule has 1 aromatic heterocycles. The number of likely N-dealkylation sites (N-methyl/N-ethyl adjacent to an activating group) is 1. The van der Waals surface area contributed by atoms with Crippen LogP contribution in [-0.2, 0) is 17.8 Å². The summed E-state index contributed by atoms with van der Waals surface area (Å²) < 4.78 is 0. The van der Waals surface area contributed by atoms with E-state index in [0.29, 0.717) is 11.8 Å². The molecule has 0 N–H and O–H groups in total. The SMILES string of the molecule is CC(C)c1ccc2c(n1)CCN(C(=O)[C@@H]1CCCCN1C)C2. The molecular weight excluding hydrogens is 274 g/mol. The number of likely N-dealkylation sites (tertiary alicyclic amines) is 1. The lowest BCUT2D eigenvalue weighted by atomic mass is 9.98. The van der Waals surface area contributed by atoms with Crippen molar-refractivity contribution in [3.05, 3.63) is 29.1 Å². The fourth-order valence-corrected chi connectivity index (χ4v) is 3.54. The zero-order valence-corrected chi connectivity index (χ0v) is 14.0. The van der Waals surface area contributed by atoms with Gasteiger partial charge in [0.2, 0.25) is 5.91 Å². The molecule has 0 aromatic carbocycles. The highest BCUT2D eigenvalue weighted by atomic mass is 16.2. The lowest BCUT2D eigenvalue weighted by Crippen LogP contribution is -2.50. The predicted octanol–water partition coefficient (Wildman–Crippen LogP) is 2.57. The minimum atomic E-state index is 0.0817. The third-order valence-corrected chi connectivity index (χ3v) is 5.03. The molecule has 0 saturated carbocycles. The van der Waals surface area contributed by atoms with Gasteiger partial charge in [-0.3, -0.25) is 14.7 Å². The van der Waals surface area contributed by atoms with E-state index >= 15 is 0 Å². The Labute approximate surface area is 133 Å². The number of nitrogens with zero attached hydrogens (tertiary/aromatic N) is 3. The molecule has 0 bridgehead atoms. The number of fused-ring (bicyclic) bond motifs is 1. The molecule has 3 rings (SSSR count). The fraction of sp³-hybridized carbons (Fsp3) is 0.667. The smallest absolute Gasteiger partial charge is 0.240 e. The van der Waals surface area contributed by atoms with Crippen LogP contribution in [0.15, 0.2) is 12.1 Å². The van der Waals surface area contributed by atoms with E-state index in [1.54, 1.807) is 0 Å². The maximum atomic E-state index is 12.8. The number of amides is 1. The van der Waals surface area contributed by atoms with Crippen molar-refractivity contribution in [1.82, 2.24) is 14.8 Å². The summed E-state index contributed by atoms with van der Waals surface area (Å²) in [6.07, 6.45) is 4.27. The summed E-state index contributed by atoms with van der Waals surface area (Å²) in [5, 5.41) is 0. The van der Waals surface area contributed by atoms with Gasteiger partial charge in [-0.05, 0) is 44.0 Å². The van der Waals surface area contributed by atoms with Gasteiger partial charge in [0.1, 0.15) is 0 Å². The van der Waals surface area contributed by atoms with Crippen LogP contribution in [-0.4, -0.2) is 46.9 Å². The first-order valence-corrected chi connectivity index (χ1v) is 8.54. The molecule has 1 aromatic rings. The fourth-order valence-electron chi connectivity index (χ4n) is 3.54. The molecule has 120 valence electrons. The predicted molar refractivity (Wildman–Crippen MR) is 87.7 cm³/mol. The first kappa shape index (κ1) is 15.5. The van der Waals surface area contributed by atoms with Crippen molar-refractivity contribution in [3.8, 4) is 0 Å². The summed E-state index contributed by atoms with van der Waals surface area (Å²) in [4.78, 5) is 21.9. The molecule has 2 aliphatic rings.